The zero-order chi connectivity index (χ0) is 26.0. The first kappa shape index (κ1) is 25.9. The number of alkyl halides is 3. The van der Waals surface area contributed by atoms with Crippen LogP contribution in [0.4, 0.5) is 22.0 Å². The van der Waals surface area contributed by atoms with Crippen molar-refractivity contribution in [1.29, 1.82) is 0 Å². The van der Waals surface area contributed by atoms with Crippen molar-refractivity contribution in [2.45, 2.75) is 31.3 Å². The number of nitrogens with two attached hydrogens (primary N) is 1. The Labute approximate surface area is 195 Å². The Morgan fingerprint density at radius 2 is 1.80 bits per heavy atom. The van der Waals surface area contributed by atoms with E-state index in [1.165, 1.54) is 13.3 Å². The Bertz CT molecular complexity index is 1200. The van der Waals surface area contributed by atoms with Gasteiger partial charge in [0.15, 0.2) is 0 Å². The maximum Gasteiger partial charge on any atom is 0.416 e. The quantitative estimate of drug-likeness (QED) is 0.485. The Hall–Kier alpha value is -3.71. The van der Waals surface area contributed by atoms with Crippen LogP contribution in [0.2, 0.25) is 0 Å². The lowest BCUT2D eigenvalue weighted by Gasteiger charge is -2.40. The Morgan fingerprint density at radius 1 is 1.14 bits per heavy atom. The first-order chi connectivity index (χ1) is 16.4. The largest absolute Gasteiger partial charge is 0.416 e. The first-order valence-corrected chi connectivity index (χ1v) is 10.1. The van der Waals surface area contributed by atoms with Gasteiger partial charge in [-0.1, -0.05) is 6.07 Å². The number of amides is 2. The van der Waals surface area contributed by atoms with E-state index in [1.54, 1.807) is 0 Å². The van der Waals surface area contributed by atoms with E-state index in [4.69, 9.17) is 5.73 Å². The van der Waals surface area contributed by atoms with Gasteiger partial charge in [-0.15, -0.1) is 0 Å². The maximum absolute atomic E-state index is 14.8. The van der Waals surface area contributed by atoms with Gasteiger partial charge in [-0.3, -0.25) is 14.5 Å². The van der Waals surface area contributed by atoms with E-state index in [0.29, 0.717) is 23.1 Å². The van der Waals surface area contributed by atoms with Crippen LogP contribution in [0.1, 0.15) is 28.4 Å². The van der Waals surface area contributed by atoms with Gasteiger partial charge in [-0.2, -0.15) is 18.3 Å². The van der Waals surface area contributed by atoms with E-state index >= 15 is 0 Å². The smallest absolute Gasteiger partial charge is 0.381 e. The van der Waals surface area contributed by atoms with Crippen LogP contribution in [-0.2, 0) is 23.1 Å². The molecule has 0 bridgehead atoms. The normalized spacial score (nSPS) is 14.3. The molecule has 2 aromatic carbocycles. The van der Waals surface area contributed by atoms with Crippen LogP contribution in [0.25, 0.3) is 0 Å². The fourth-order valence-electron chi connectivity index (χ4n) is 3.60. The van der Waals surface area contributed by atoms with Crippen LogP contribution < -0.4 is 5.73 Å². The molecule has 3 N–H and O–H groups in total. The highest BCUT2D eigenvalue weighted by atomic mass is 19.4. The molecule has 0 fully saturated rings. The number of imide groups is 1. The number of carbonyl (C=O) groups is 2. The van der Waals surface area contributed by atoms with Gasteiger partial charge in [-0.25, -0.2) is 18.4 Å². The fraction of sp³-hybridized carbons (Fsp3) is 0.273. The van der Waals surface area contributed by atoms with E-state index in [1.807, 2.05) is 0 Å². The second-order valence-electron chi connectivity index (χ2n) is 7.67. The molecule has 1 aromatic heterocycles. The third-order valence-corrected chi connectivity index (χ3v) is 5.47. The highest BCUT2D eigenvalue weighted by Gasteiger charge is 2.45. The zero-order valence-corrected chi connectivity index (χ0v) is 18.2. The summed E-state index contributed by atoms with van der Waals surface area (Å²) in [4.78, 5) is 30.2. The molecule has 0 aliphatic rings. The summed E-state index contributed by atoms with van der Waals surface area (Å²) in [5.74, 6) is -4.18. The van der Waals surface area contributed by atoms with Gasteiger partial charge < -0.3 is 10.8 Å². The molecule has 2 amide bonds. The summed E-state index contributed by atoms with van der Waals surface area (Å²) in [5, 5.41) is 15.5. The molecule has 0 saturated carbocycles. The zero-order valence-electron chi connectivity index (χ0n) is 18.2. The highest BCUT2D eigenvalue weighted by Crippen LogP contribution is 2.34. The summed E-state index contributed by atoms with van der Waals surface area (Å²) in [6, 6.07) is 3.84. The number of halogens is 5. The molecular formula is C22H20F5N5O3. The van der Waals surface area contributed by atoms with Crippen molar-refractivity contribution in [3.8, 4) is 0 Å². The SMILES string of the molecule is C[C@@H](N(C(=O)CN)C(=O)c1ccc(C(F)(F)F)cc1)[C@](O)(Cn1cncn1)c1ccc(F)cc1F. The Kier molecular flexibility index (Phi) is 7.31. The summed E-state index contributed by atoms with van der Waals surface area (Å²) < 4.78 is 68.2. The summed E-state index contributed by atoms with van der Waals surface area (Å²) in [5.41, 5.74) is 1.28. The van der Waals surface area contributed by atoms with Crippen LogP contribution in [-0.4, -0.2) is 49.2 Å². The van der Waals surface area contributed by atoms with Gasteiger partial charge in [0.2, 0.25) is 5.91 Å². The van der Waals surface area contributed by atoms with Crippen molar-refractivity contribution in [2.75, 3.05) is 6.54 Å². The minimum atomic E-state index is -4.65. The predicted octanol–water partition coefficient (Wildman–Crippen LogP) is 2.48. The van der Waals surface area contributed by atoms with Crippen LogP contribution >= 0.6 is 0 Å². The molecule has 8 nitrogen and oxygen atoms in total. The highest BCUT2D eigenvalue weighted by molar-refractivity contribution is 6.05. The van der Waals surface area contributed by atoms with Gasteiger partial charge in [0.25, 0.3) is 5.91 Å². The predicted molar refractivity (Wildman–Crippen MR) is 111 cm³/mol. The monoisotopic (exact) mass is 497 g/mol. The summed E-state index contributed by atoms with van der Waals surface area (Å²) in [6.45, 7) is -0.0113. The molecule has 3 aromatic rings. The van der Waals surface area contributed by atoms with Gasteiger partial charge in [0, 0.05) is 17.2 Å². The number of rotatable bonds is 7. The molecule has 35 heavy (non-hydrogen) atoms. The second-order valence-corrected chi connectivity index (χ2v) is 7.67. The maximum atomic E-state index is 14.8. The van der Waals surface area contributed by atoms with Crippen molar-refractivity contribution in [3.63, 3.8) is 0 Å². The third kappa shape index (κ3) is 5.35. The van der Waals surface area contributed by atoms with Crippen LogP contribution in [0.5, 0.6) is 0 Å². The molecule has 0 aliphatic heterocycles. The lowest BCUT2D eigenvalue weighted by atomic mass is 9.85. The van der Waals surface area contributed by atoms with Crippen molar-refractivity contribution in [2.24, 2.45) is 5.73 Å². The molecular weight excluding hydrogens is 477 g/mol. The average Bonchev–Trinajstić information content (AvgIpc) is 3.31. The molecule has 0 unspecified atom stereocenters. The van der Waals surface area contributed by atoms with Crippen molar-refractivity contribution in [1.82, 2.24) is 19.7 Å². The molecule has 0 spiro atoms. The number of carbonyl (C=O) groups excluding carboxylic acids is 2. The number of hydrogen-bond acceptors (Lipinski definition) is 6. The minimum Gasteiger partial charge on any atom is -0.381 e. The number of nitrogens with zero attached hydrogens (tertiary/aromatic N) is 4. The van der Waals surface area contributed by atoms with E-state index in [-0.39, 0.29) is 5.56 Å². The lowest BCUT2D eigenvalue weighted by molar-refractivity contribution is -0.138. The molecule has 0 aliphatic carbocycles. The molecule has 13 heteroatoms. The van der Waals surface area contributed by atoms with Crippen LogP contribution in [0, 0.1) is 11.6 Å². The minimum absolute atomic E-state index is 0.311. The van der Waals surface area contributed by atoms with Gasteiger partial charge >= 0.3 is 6.18 Å². The Balaban J connectivity index is 2.09. The van der Waals surface area contributed by atoms with Crippen molar-refractivity contribution in [3.05, 3.63) is 83.4 Å². The van der Waals surface area contributed by atoms with E-state index < -0.39 is 65.5 Å². The summed E-state index contributed by atoms with van der Waals surface area (Å²) >= 11 is 0. The van der Waals surface area contributed by atoms with Gasteiger partial charge in [0.05, 0.1) is 24.7 Å². The van der Waals surface area contributed by atoms with Gasteiger partial charge in [-0.05, 0) is 37.3 Å². The molecule has 186 valence electrons. The average molecular weight is 497 g/mol. The molecule has 2 atom stereocenters. The molecule has 1 heterocycles. The first-order valence-electron chi connectivity index (χ1n) is 10.1. The molecule has 3 rings (SSSR count). The fourth-order valence-corrected chi connectivity index (χ4v) is 3.60. The third-order valence-electron chi connectivity index (χ3n) is 5.47. The van der Waals surface area contributed by atoms with E-state index in [9.17, 15) is 36.6 Å². The van der Waals surface area contributed by atoms with E-state index in [2.05, 4.69) is 10.1 Å². The van der Waals surface area contributed by atoms with Crippen LogP contribution in [0.15, 0.2) is 55.1 Å². The lowest BCUT2D eigenvalue weighted by Crippen LogP contribution is -2.57. The number of aliphatic hydroxyl groups is 1. The summed E-state index contributed by atoms with van der Waals surface area (Å²) in [7, 11) is 0. The van der Waals surface area contributed by atoms with Crippen LogP contribution in [0.3, 0.4) is 0 Å². The standard InChI is InChI=1S/C22H20F5N5O3/c1-13(21(35,10-31-12-29-11-30-31)17-7-6-16(23)8-18(17)24)32(19(33)9-28)20(34)14-2-4-15(5-3-14)22(25,26)27/h2-8,11-13,35H,9-10,28H2,1H3/t13-,21-/m1/s1. The van der Waals surface area contributed by atoms with Gasteiger partial charge in [0.1, 0.15) is 29.9 Å². The number of hydrogen-bond donors (Lipinski definition) is 2. The molecule has 0 saturated heterocycles. The summed E-state index contributed by atoms with van der Waals surface area (Å²) in [6.07, 6.45) is -2.34. The van der Waals surface area contributed by atoms with Crippen molar-refractivity contribution < 1.29 is 36.6 Å². The topological polar surface area (TPSA) is 114 Å². The van der Waals surface area contributed by atoms with Crippen molar-refractivity contribution >= 4 is 11.8 Å². The Morgan fingerprint density at radius 3 is 2.31 bits per heavy atom. The number of aromatic nitrogens is 3. The van der Waals surface area contributed by atoms with E-state index in [0.717, 1.165) is 35.3 Å². The second kappa shape index (κ2) is 9.88. The molecule has 0 radical (unpaired) electrons. The number of benzene rings is 2.